The standard InChI is InChI=1S/C50H85NO5S/c1-3-5-7-9-11-13-15-17-19-21-23-24-25-26-28-30-32-34-36-38-40-42-44-46-50(53)51-48(47-57(54,55)56)49(52)45-43-41-39-37-35-33-31-29-27-22-20-18-16-14-12-10-8-6-4-2/h5,7,11,13,17,19,23-24,26,28,32,34,38,40,43,45,48-49,52H,3-4,6,8-10,12,14-16,18,20-22,25,27,29-31,33,35-37,39,41-42,44,46-47H2,1-2H3,(H,51,53)(H,54,55,56)/b7-5-,13-11-,19-17-,24-23-,28-26-,34-32-,40-38-,45-43+. The number of aliphatic hydroxyl groups excluding tert-OH is 1. The molecule has 57 heavy (non-hydrogen) atoms. The average molecular weight is 812 g/mol. The zero-order chi connectivity index (χ0) is 41.8. The monoisotopic (exact) mass is 812 g/mol. The summed E-state index contributed by atoms with van der Waals surface area (Å²) in [6.07, 6.45) is 64.0. The minimum atomic E-state index is -4.37. The molecule has 0 aliphatic rings. The zero-order valence-corrected chi connectivity index (χ0v) is 37.2. The van der Waals surface area contributed by atoms with E-state index >= 15 is 0 Å². The third-order valence-electron chi connectivity index (χ3n) is 9.77. The summed E-state index contributed by atoms with van der Waals surface area (Å²) >= 11 is 0. The van der Waals surface area contributed by atoms with Crippen molar-refractivity contribution in [1.82, 2.24) is 5.32 Å². The van der Waals surface area contributed by atoms with Gasteiger partial charge in [-0.25, -0.2) is 0 Å². The first-order valence-corrected chi connectivity index (χ1v) is 24.5. The number of carbonyl (C=O) groups excluding carboxylic acids is 1. The van der Waals surface area contributed by atoms with Gasteiger partial charge < -0.3 is 10.4 Å². The lowest BCUT2D eigenvalue weighted by Gasteiger charge is -2.21. The van der Waals surface area contributed by atoms with Gasteiger partial charge in [-0.2, -0.15) is 8.42 Å². The van der Waals surface area contributed by atoms with Gasteiger partial charge in [0.05, 0.1) is 17.9 Å². The number of nitrogens with one attached hydrogen (secondary N) is 1. The Balaban J connectivity index is 4.02. The fraction of sp³-hybridized carbons (Fsp3) is 0.660. The molecule has 0 saturated heterocycles. The van der Waals surface area contributed by atoms with Crippen LogP contribution in [0.2, 0.25) is 0 Å². The Morgan fingerprint density at radius 2 is 0.842 bits per heavy atom. The van der Waals surface area contributed by atoms with Crippen molar-refractivity contribution in [1.29, 1.82) is 0 Å². The van der Waals surface area contributed by atoms with Crippen molar-refractivity contribution in [3.05, 3.63) is 97.2 Å². The van der Waals surface area contributed by atoms with Gasteiger partial charge in [-0.1, -0.05) is 214 Å². The molecule has 0 aliphatic carbocycles. The van der Waals surface area contributed by atoms with E-state index in [2.05, 4.69) is 98.2 Å². The first kappa shape index (κ1) is 54.3. The lowest BCUT2D eigenvalue weighted by molar-refractivity contribution is -0.122. The first-order valence-electron chi connectivity index (χ1n) is 22.9. The van der Waals surface area contributed by atoms with Crippen LogP contribution in [0.15, 0.2) is 97.2 Å². The Kier molecular flexibility index (Phi) is 40.8. The smallest absolute Gasteiger partial charge is 0.267 e. The van der Waals surface area contributed by atoms with Gasteiger partial charge in [0.1, 0.15) is 0 Å². The molecule has 326 valence electrons. The lowest BCUT2D eigenvalue weighted by atomic mass is 10.0. The largest absolute Gasteiger partial charge is 0.387 e. The predicted octanol–water partition coefficient (Wildman–Crippen LogP) is 14.1. The summed E-state index contributed by atoms with van der Waals surface area (Å²) in [5.41, 5.74) is 0. The van der Waals surface area contributed by atoms with Crippen molar-refractivity contribution < 1.29 is 22.9 Å². The van der Waals surface area contributed by atoms with E-state index in [-0.39, 0.29) is 12.3 Å². The highest BCUT2D eigenvalue weighted by atomic mass is 32.2. The Morgan fingerprint density at radius 1 is 0.491 bits per heavy atom. The highest BCUT2D eigenvalue weighted by Gasteiger charge is 2.24. The molecular formula is C50H85NO5S. The van der Waals surface area contributed by atoms with Crippen LogP contribution in [-0.4, -0.2) is 41.9 Å². The summed E-state index contributed by atoms with van der Waals surface area (Å²) < 4.78 is 32.6. The van der Waals surface area contributed by atoms with Gasteiger partial charge in [-0.05, 0) is 70.6 Å². The average Bonchev–Trinajstić information content (AvgIpc) is 3.18. The minimum Gasteiger partial charge on any atom is -0.387 e. The summed E-state index contributed by atoms with van der Waals surface area (Å²) in [5.74, 6) is -1.07. The maximum Gasteiger partial charge on any atom is 0.267 e. The third kappa shape index (κ3) is 44.2. The first-order chi connectivity index (χ1) is 27.8. The third-order valence-corrected chi connectivity index (χ3v) is 10.5. The van der Waals surface area contributed by atoms with Crippen molar-refractivity contribution in [2.45, 2.75) is 206 Å². The molecular weight excluding hydrogens is 727 g/mol. The predicted molar refractivity (Wildman–Crippen MR) is 248 cm³/mol. The summed E-state index contributed by atoms with van der Waals surface area (Å²) in [6.45, 7) is 4.42. The molecule has 0 fully saturated rings. The molecule has 0 aromatic heterocycles. The number of hydrogen-bond donors (Lipinski definition) is 3. The van der Waals surface area contributed by atoms with Gasteiger partial charge >= 0.3 is 0 Å². The number of unbranched alkanes of at least 4 members (excludes halogenated alkanes) is 18. The van der Waals surface area contributed by atoms with Crippen molar-refractivity contribution in [2.75, 3.05) is 5.75 Å². The van der Waals surface area contributed by atoms with Crippen LogP contribution in [0, 0.1) is 0 Å². The zero-order valence-electron chi connectivity index (χ0n) is 36.4. The molecule has 2 atom stereocenters. The second-order valence-electron chi connectivity index (χ2n) is 15.3. The van der Waals surface area contributed by atoms with Crippen LogP contribution in [-0.2, 0) is 14.9 Å². The second-order valence-corrected chi connectivity index (χ2v) is 16.8. The lowest BCUT2D eigenvalue weighted by Crippen LogP contribution is -2.46. The van der Waals surface area contributed by atoms with E-state index in [0.717, 1.165) is 70.6 Å². The molecule has 7 heteroatoms. The number of allylic oxidation sites excluding steroid dienone is 15. The Hall–Kier alpha value is -2.74. The maximum atomic E-state index is 12.5. The molecule has 0 saturated carbocycles. The molecule has 2 unspecified atom stereocenters. The minimum absolute atomic E-state index is 0.210. The van der Waals surface area contributed by atoms with Crippen LogP contribution in [0.3, 0.4) is 0 Å². The van der Waals surface area contributed by atoms with E-state index in [0.29, 0.717) is 6.42 Å². The molecule has 0 heterocycles. The van der Waals surface area contributed by atoms with Crippen molar-refractivity contribution in [3.63, 3.8) is 0 Å². The molecule has 3 N–H and O–H groups in total. The molecule has 0 aromatic carbocycles. The fourth-order valence-corrected chi connectivity index (χ4v) is 7.11. The van der Waals surface area contributed by atoms with Gasteiger partial charge in [0.15, 0.2) is 0 Å². The van der Waals surface area contributed by atoms with E-state index in [4.69, 9.17) is 0 Å². The number of aliphatic hydroxyl groups is 1. The van der Waals surface area contributed by atoms with Gasteiger partial charge in [0, 0.05) is 6.42 Å². The fourth-order valence-electron chi connectivity index (χ4n) is 6.38. The van der Waals surface area contributed by atoms with E-state index < -0.39 is 28.0 Å². The van der Waals surface area contributed by atoms with Crippen LogP contribution >= 0.6 is 0 Å². The van der Waals surface area contributed by atoms with Crippen LogP contribution in [0.4, 0.5) is 0 Å². The van der Waals surface area contributed by atoms with Crippen LogP contribution < -0.4 is 5.32 Å². The van der Waals surface area contributed by atoms with E-state index in [9.17, 15) is 22.9 Å². The highest BCUT2D eigenvalue weighted by molar-refractivity contribution is 7.85. The molecule has 0 bridgehead atoms. The molecule has 6 nitrogen and oxygen atoms in total. The van der Waals surface area contributed by atoms with Crippen LogP contribution in [0.1, 0.15) is 194 Å². The van der Waals surface area contributed by atoms with Crippen molar-refractivity contribution >= 4 is 16.0 Å². The summed E-state index contributed by atoms with van der Waals surface area (Å²) in [7, 11) is -4.37. The molecule has 0 rings (SSSR count). The normalized spacial score (nSPS) is 14.1. The number of hydrogen-bond acceptors (Lipinski definition) is 4. The van der Waals surface area contributed by atoms with Gasteiger partial charge in [-0.15, -0.1) is 0 Å². The van der Waals surface area contributed by atoms with Crippen molar-refractivity contribution in [2.24, 2.45) is 0 Å². The summed E-state index contributed by atoms with van der Waals surface area (Å²) in [6, 6.07) is -1.09. The Morgan fingerprint density at radius 3 is 1.23 bits per heavy atom. The van der Waals surface area contributed by atoms with Crippen LogP contribution in [0.25, 0.3) is 0 Å². The molecule has 1 amide bonds. The van der Waals surface area contributed by atoms with E-state index in [1.807, 2.05) is 12.2 Å². The van der Waals surface area contributed by atoms with Gasteiger partial charge in [-0.3, -0.25) is 9.35 Å². The quantitative estimate of drug-likeness (QED) is 0.0325. The summed E-state index contributed by atoms with van der Waals surface area (Å²) in [4.78, 5) is 12.5. The number of carbonyl (C=O) groups is 1. The van der Waals surface area contributed by atoms with Crippen molar-refractivity contribution in [3.8, 4) is 0 Å². The molecule has 0 aliphatic heterocycles. The maximum absolute atomic E-state index is 12.5. The number of amides is 1. The molecule has 0 spiro atoms. The van der Waals surface area contributed by atoms with Gasteiger partial charge in [0.2, 0.25) is 5.91 Å². The second kappa shape index (κ2) is 42.9. The SMILES string of the molecule is CC/C=C\C/C=C\C/C=C\C/C=C\C/C=C\C/C=C\C/C=C\CCCC(=O)NC(CS(=O)(=O)O)C(O)/C=C/CCCCCCCCCCCCCCCCCCC. The van der Waals surface area contributed by atoms with Gasteiger partial charge in [0.25, 0.3) is 10.1 Å². The molecule has 0 radical (unpaired) electrons. The highest BCUT2D eigenvalue weighted by Crippen LogP contribution is 2.15. The Labute approximate surface area is 351 Å². The molecule has 0 aromatic rings. The topological polar surface area (TPSA) is 104 Å². The summed E-state index contributed by atoms with van der Waals surface area (Å²) in [5, 5.41) is 13.2. The van der Waals surface area contributed by atoms with E-state index in [1.54, 1.807) is 6.08 Å². The van der Waals surface area contributed by atoms with E-state index in [1.165, 1.54) is 96.3 Å². The van der Waals surface area contributed by atoms with Crippen LogP contribution in [0.5, 0.6) is 0 Å². The Bertz CT molecular complexity index is 1260. The number of rotatable bonds is 40.